The Morgan fingerprint density at radius 2 is 1.90 bits per heavy atom. The number of hydrogen-bond acceptors (Lipinski definition) is 4. The van der Waals surface area contributed by atoms with Crippen molar-refractivity contribution in [2.75, 3.05) is 19.1 Å². The van der Waals surface area contributed by atoms with E-state index in [4.69, 9.17) is 21.1 Å². The summed E-state index contributed by atoms with van der Waals surface area (Å²) >= 11 is 5.82. The monoisotopic (exact) mass is 304 g/mol. The Labute approximate surface area is 129 Å². The van der Waals surface area contributed by atoms with Gasteiger partial charge in [0.1, 0.15) is 0 Å². The quantitative estimate of drug-likeness (QED) is 0.642. The van der Waals surface area contributed by atoms with Crippen molar-refractivity contribution >= 4 is 23.5 Å². The predicted octanol–water partition coefficient (Wildman–Crippen LogP) is 4.19. The lowest BCUT2D eigenvalue weighted by molar-refractivity contribution is 0.311. The van der Waals surface area contributed by atoms with Crippen LogP contribution in [0.3, 0.4) is 0 Å². The lowest BCUT2D eigenvalue weighted by Gasteiger charge is -2.09. The molecule has 2 aromatic carbocycles. The molecular weight excluding hydrogens is 288 g/mol. The van der Waals surface area contributed by atoms with Gasteiger partial charge in [-0.1, -0.05) is 11.6 Å². The summed E-state index contributed by atoms with van der Waals surface area (Å²) in [5.41, 5.74) is 4.72. The first kappa shape index (κ1) is 15.2. The number of nitrogens with one attached hydrogen (secondary N) is 1. The lowest BCUT2D eigenvalue weighted by atomic mass is 10.2. The van der Waals surface area contributed by atoms with Crippen LogP contribution in [0.2, 0.25) is 5.02 Å². The van der Waals surface area contributed by atoms with Crippen LogP contribution in [-0.2, 0) is 0 Å². The van der Waals surface area contributed by atoms with E-state index in [-0.39, 0.29) is 0 Å². The second-order valence-corrected chi connectivity index (χ2v) is 4.66. The lowest BCUT2D eigenvalue weighted by Crippen LogP contribution is -1.96. The number of nitrogens with zero attached hydrogens (tertiary/aromatic N) is 1. The first-order valence-corrected chi connectivity index (χ1v) is 6.96. The van der Waals surface area contributed by atoms with Crippen LogP contribution in [0.25, 0.3) is 0 Å². The maximum atomic E-state index is 5.82. The van der Waals surface area contributed by atoms with E-state index in [1.165, 1.54) is 0 Å². The molecule has 0 aromatic heterocycles. The van der Waals surface area contributed by atoms with Gasteiger partial charge in [-0.15, -0.1) is 0 Å². The zero-order chi connectivity index (χ0) is 15.1. The molecule has 2 rings (SSSR count). The molecule has 0 aliphatic rings. The Hall–Kier alpha value is -2.20. The third kappa shape index (κ3) is 4.39. The molecule has 0 radical (unpaired) electrons. The number of hydrogen-bond donors (Lipinski definition) is 1. The summed E-state index contributed by atoms with van der Waals surface area (Å²) in [7, 11) is 1.62. The third-order valence-corrected chi connectivity index (χ3v) is 2.99. The molecule has 0 aliphatic carbocycles. The van der Waals surface area contributed by atoms with Crippen LogP contribution in [0.1, 0.15) is 12.5 Å². The van der Waals surface area contributed by atoms with E-state index in [1.807, 2.05) is 37.3 Å². The van der Waals surface area contributed by atoms with Gasteiger partial charge in [-0.25, -0.2) is 0 Å². The molecule has 5 heteroatoms. The number of anilines is 1. The highest BCUT2D eigenvalue weighted by atomic mass is 35.5. The minimum atomic E-state index is 0.599. The Morgan fingerprint density at radius 1 is 1.14 bits per heavy atom. The van der Waals surface area contributed by atoms with Gasteiger partial charge in [-0.2, -0.15) is 5.10 Å². The maximum Gasteiger partial charge on any atom is 0.161 e. The maximum absolute atomic E-state index is 5.82. The number of hydrazone groups is 1. The summed E-state index contributed by atoms with van der Waals surface area (Å²) in [6.45, 7) is 2.53. The van der Waals surface area contributed by atoms with E-state index >= 15 is 0 Å². The van der Waals surface area contributed by atoms with E-state index in [0.29, 0.717) is 17.4 Å². The fraction of sp³-hybridized carbons (Fsp3) is 0.188. The fourth-order valence-electron chi connectivity index (χ4n) is 1.74. The number of benzene rings is 2. The molecule has 0 bridgehead atoms. The van der Waals surface area contributed by atoms with Gasteiger partial charge in [-0.05, 0) is 55.0 Å². The summed E-state index contributed by atoms with van der Waals surface area (Å²) in [5, 5.41) is 4.87. The van der Waals surface area contributed by atoms with Crippen molar-refractivity contribution in [3.05, 3.63) is 53.1 Å². The summed E-state index contributed by atoms with van der Waals surface area (Å²) in [4.78, 5) is 0. The standard InChI is InChI=1S/C16H17ClN2O2/c1-3-21-15-9-4-12(10-16(15)20-2)11-18-19-14-7-5-13(17)6-8-14/h4-11,19H,3H2,1-2H3/b18-11+. The molecule has 0 fully saturated rings. The van der Waals surface area contributed by atoms with Gasteiger partial charge in [0.25, 0.3) is 0 Å². The minimum absolute atomic E-state index is 0.599. The average molecular weight is 305 g/mol. The SMILES string of the molecule is CCOc1ccc(/C=N/Nc2ccc(Cl)cc2)cc1OC. The van der Waals surface area contributed by atoms with Gasteiger partial charge >= 0.3 is 0 Å². The summed E-state index contributed by atoms with van der Waals surface area (Å²) in [6, 6.07) is 13.0. The number of rotatable bonds is 6. The van der Waals surface area contributed by atoms with Crippen LogP contribution in [0.4, 0.5) is 5.69 Å². The molecule has 1 N–H and O–H groups in total. The number of ether oxygens (including phenoxy) is 2. The van der Waals surface area contributed by atoms with Gasteiger partial charge in [0.05, 0.1) is 25.6 Å². The number of halogens is 1. The third-order valence-electron chi connectivity index (χ3n) is 2.74. The normalized spacial score (nSPS) is 10.6. The topological polar surface area (TPSA) is 42.8 Å². The molecule has 4 nitrogen and oxygen atoms in total. The first-order chi connectivity index (χ1) is 10.2. The van der Waals surface area contributed by atoms with Crippen molar-refractivity contribution in [3.8, 4) is 11.5 Å². The van der Waals surface area contributed by atoms with Gasteiger partial charge < -0.3 is 9.47 Å². The van der Waals surface area contributed by atoms with E-state index in [1.54, 1.807) is 25.5 Å². The minimum Gasteiger partial charge on any atom is -0.493 e. The van der Waals surface area contributed by atoms with E-state index in [9.17, 15) is 0 Å². The summed E-state index contributed by atoms with van der Waals surface area (Å²) < 4.78 is 10.8. The average Bonchev–Trinajstić information content (AvgIpc) is 2.51. The van der Waals surface area contributed by atoms with E-state index in [0.717, 1.165) is 17.0 Å². The first-order valence-electron chi connectivity index (χ1n) is 6.58. The smallest absolute Gasteiger partial charge is 0.161 e. The molecule has 0 atom stereocenters. The highest BCUT2D eigenvalue weighted by Gasteiger charge is 2.03. The van der Waals surface area contributed by atoms with Crippen molar-refractivity contribution in [1.29, 1.82) is 0 Å². The Morgan fingerprint density at radius 3 is 2.57 bits per heavy atom. The number of methoxy groups -OCH3 is 1. The van der Waals surface area contributed by atoms with Crippen LogP contribution in [0, 0.1) is 0 Å². The zero-order valence-electron chi connectivity index (χ0n) is 12.0. The molecule has 2 aromatic rings. The van der Waals surface area contributed by atoms with Crippen molar-refractivity contribution in [2.24, 2.45) is 5.10 Å². The summed E-state index contributed by atoms with van der Waals surface area (Å²) in [6.07, 6.45) is 1.72. The second kappa shape index (κ2) is 7.55. The Bertz CT molecular complexity index is 612. The van der Waals surface area contributed by atoms with Gasteiger partial charge in [0, 0.05) is 5.02 Å². The van der Waals surface area contributed by atoms with Crippen molar-refractivity contribution in [2.45, 2.75) is 6.92 Å². The largest absolute Gasteiger partial charge is 0.493 e. The molecule has 0 heterocycles. The van der Waals surface area contributed by atoms with Crippen LogP contribution >= 0.6 is 11.6 Å². The predicted molar refractivity (Wildman–Crippen MR) is 86.8 cm³/mol. The van der Waals surface area contributed by atoms with Crippen molar-refractivity contribution in [1.82, 2.24) is 0 Å². The molecule has 0 saturated heterocycles. The highest BCUT2D eigenvalue weighted by Crippen LogP contribution is 2.27. The highest BCUT2D eigenvalue weighted by molar-refractivity contribution is 6.30. The fourth-order valence-corrected chi connectivity index (χ4v) is 1.87. The van der Waals surface area contributed by atoms with E-state index in [2.05, 4.69) is 10.5 Å². The Balaban J connectivity index is 2.05. The molecule has 110 valence electrons. The molecular formula is C16H17ClN2O2. The van der Waals surface area contributed by atoms with Crippen LogP contribution in [-0.4, -0.2) is 19.9 Å². The molecule has 0 amide bonds. The molecule has 21 heavy (non-hydrogen) atoms. The van der Waals surface area contributed by atoms with E-state index < -0.39 is 0 Å². The Kier molecular flexibility index (Phi) is 5.46. The molecule has 0 unspecified atom stereocenters. The van der Waals surface area contributed by atoms with Crippen molar-refractivity contribution < 1.29 is 9.47 Å². The van der Waals surface area contributed by atoms with Gasteiger partial charge in [0.2, 0.25) is 0 Å². The second-order valence-electron chi connectivity index (χ2n) is 4.22. The molecule has 0 aliphatic heterocycles. The zero-order valence-corrected chi connectivity index (χ0v) is 12.7. The molecule has 0 spiro atoms. The van der Waals surface area contributed by atoms with Gasteiger partial charge in [-0.3, -0.25) is 5.43 Å². The van der Waals surface area contributed by atoms with Gasteiger partial charge in [0.15, 0.2) is 11.5 Å². The van der Waals surface area contributed by atoms with Crippen molar-refractivity contribution in [3.63, 3.8) is 0 Å². The summed E-state index contributed by atoms with van der Waals surface area (Å²) in [5.74, 6) is 1.41. The van der Waals surface area contributed by atoms with Crippen LogP contribution < -0.4 is 14.9 Å². The van der Waals surface area contributed by atoms with Crippen LogP contribution in [0.5, 0.6) is 11.5 Å². The van der Waals surface area contributed by atoms with Crippen LogP contribution in [0.15, 0.2) is 47.6 Å². The molecule has 0 saturated carbocycles.